The monoisotopic (exact) mass is 388 g/mol. The van der Waals surface area contributed by atoms with Gasteiger partial charge < -0.3 is 9.42 Å². The quantitative estimate of drug-likeness (QED) is 0.686. The molecule has 0 aliphatic carbocycles. The highest BCUT2D eigenvalue weighted by molar-refractivity contribution is 9.10. The van der Waals surface area contributed by atoms with Crippen molar-refractivity contribution in [3.05, 3.63) is 58.0 Å². The van der Waals surface area contributed by atoms with Crippen LogP contribution < -0.4 is 0 Å². The Morgan fingerprint density at radius 3 is 2.67 bits per heavy atom. The minimum atomic E-state index is -0.204. The standard InChI is InChI=1S/C17H17BrN4O2/c1-11-4-6-12(7-5-11)16-8-14(20-24-16)17(23)21(2)10-15-13(18)9-19-22(15)3/h4-9H,10H2,1-3H3. The largest absolute Gasteiger partial charge is 0.355 e. The van der Waals surface area contributed by atoms with Gasteiger partial charge in [0.2, 0.25) is 0 Å². The molecular weight excluding hydrogens is 372 g/mol. The molecule has 2 heterocycles. The topological polar surface area (TPSA) is 64.2 Å². The van der Waals surface area contributed by atoms with Gasteiger partial charge >= 0.3 is 0 Å². The van der Waals surface area contributed by atoms with Crippen LogP contribution in [0, 0.1) is 6.92 Å². The number of benzene rings is 1. The summed E-state index contributed by atoms with van der Waals surface area (Å²) in [6.07, 6.45) is 1.71. The van der Waals surface area contributed by atoms with Gasteiger partial charge in [-0.25, -0.2) is 0 Å². The lowest BCUT2D eigenvalue weighted by Gasteiger charge is -2.15. The Kier molecular flexibility index (Phi) is 4.53. The van der Waals surface area contributed by atoms with E-state index in [2.05, 4.69) is 26.2 Å². The van der Waals surface area contributed by atoms with Crippen LogP contribution in [-0.4, -0.2) is 32.8 Å². The third-order valence-corrected chi connectivity index (χ3v) is 4.47. The maximum atomic E-state index is 12.6. The van der Waals surface area contributed by atoms with E-state index in [1.165, 1.54) is 0 Å². The minimum Gasteiger partial charge on any atom is -0.355 e. The summed E-state index contributed by atoms with van der Waals surface area (Å²) in [4.78, 5) is 14.1. The van der Waals surface area contributed by atoms with E-state index in [4.69, 9.17) is 4.52 Å². The van der Waals surface area contributed by atoms with E-state index in [1.807, 2.05) is 38.2 Å². The predicted octanol–water partition coefficient (Wildman–Crippen LogP) is 3.42. The van der Waals surface area contributed by atoms with Gasteiger partial charge in [-0.3, -0.25) is 9.48 Å². The van der Waals surface area contributed by atoms with Gasteiger partial charge in [0.25, 0.3) is 5.91 Å². The van der Waals surface area contributed by atoms with Crippen LogP contribution >= 0.6 is 15.9 Å². The molecule has 0 aliphatic heterocycles. The average Bonchev–Trinajstić information content (AvgIpc) is 3.17. The molecule has 1 amide bonds. The number of halogens is 1. The van der Waals surface area contributed by atoms with Gasteiger partial charge in [-0.2, -0.15) is 5.10 Å². The van der Waals surface area contributed by atoms with Crippen molar-refractivity contribution in [2.75, 3.05) is 7.05 Å². The summed E-state index contributed by atoms with van der Waals surface area (Å²) >= 11 is 3.44. The molecule has 0 spiro atoms. The van der Waals surface area contributed by atoms with E-state index in [9.17, 15) is 4.79 Å². The lowest BCUT2D eigenvalue weighted by atomic mass is 10.1. The zero-order chi connectivity index (χ0) is 17.3. The first-order chi connectivity index (χ1) is 11.5. The molecule has 0 radical (unpaired) electrons. The SMILES string of the molecule is Cc1ccc(-c2cc(C(=O)N(C)Cc3c(Br)cnn3C)no2)cc1. The fraction of sp³-hybridized carbons (Fsp3) is 0.235. The van der Waals surface area contributed by atoms with Crippen molar-refractivity contribution < 1.29 is 9.32 Å². The van der Waals surface area contributed by atoms with Gasteiger partial charge in [0, 0.05) is 25.7 Å². The van der Waals surface area contributed by atoms with Crippen LogP contribution in [0.5, 0.6) is 0 Å². The number of aryl methyl sites for hydroxylation is 2. The predicted molar refractivity (Wildman–Crippen MR) is 93.4 cm³/mol. The highest BCUT2D eigenvalue weighted by Gasteiger charge is 2.19. The van der Waals surface area contributed by atoms with Gasteiger partial charge in [-0.15, -0.1) is 0 Å². The first-order valence-electron chi connectivity index (χ1n) is 7.41. The van der Waals surface area contributed by atoms with Crippen LogP contribution in [0.2, 0.25) is 0 Å². The Bertz CT molecular complexity index is 848. The molecule has 0 saturated carbocycles. The average molecular weight is 389 g/mol. The Balaban J connectivity index is 1.77. The number of nitrogens with zero attached hydrogens (tertiary/aromatic N) is 4. The van der Waals surface area contributed by atoms with Crippen LogP contribution in [0.15, 0.2) is 45.5 Å². The number of hydrogen-bond donors (Lipinski definition) is 0. The van der Waals surface area contributed by atoms with Gasteiger partial charge in [-0.1, -0.05) is 35.0 Å². The molecule has 3 aromatic rings. The number of amides is 1. The number of carbonyl (C=O) groups excluding carboxylic acids is 1. The van der Waals surface area contributed by atoms with Crippen molar-refractivity contribution in [1.82, 2.24) is 19.8 Å². The van der Waals surface area contributed by atoms with Gasteiger partial charge in [0.15, 0.2) is 11.5 Å². The zero-order valence-electron chi connectivity index (χ0n) is 13.7. The number of hydrogen-bond acceptors (Lipinski definition) is 4. The van der Waals surface area contributed by atoms with Crippen LogP contribution in [0.1, 0.15) is 21.7 Å². The summed E-state index contributed by atoms with van der Waals surface area (Å²) in [6, 6.07) is 9.54. The fourth-order valence-corrected chi connectivity index (χ4v) is 2.81. The maximum Gasteiger partial charge on any atom is 0.276 e. The number of aromatic nitrogens is 3. The third-order valence-electron chi connectivity index (χ3n) is 3.81. The van der Waals surface area contributed by atoms with Gasteiger partial charge in [0.05, 0.1) is 22.9 Å². The van der Waals surface area contributed by atoms with E-state index < -0.39 is 0 Å². The van der Waals surface area contributed by atoms with Crippen LogP contribution in [0.3, 0.4) is 0 Å². The molecule has 24 heavy (non-hydrogen) atoms. The molecule has 0 atom stereocenters. The molecule has 0 fully saturated rings. The van der Waals surface area contributed by atoms with Crippen molar-refractivity contribution in [3.8, 4) is 11.3 Å². The van der Waals surface area contributed by atoms with Crippen LogP contribution in [0.25, 0.3) is 11.3 Å². The fourth-order valence-electron chi connectivity index (χ4n) is 2.34. The summed E-state index contributed by atoms with van der Waals surface area (Å²) < 4.78 is 7.92. The van der Waals surface area contributed by atoms with E-state index in [0.717, 1.165) is 21.3 Å². The molecule has 0 bridgehead atoms. The van der Waals surface area contributed by atoms with E-state index in [1.54, 1.807) is 28.9 Å². The number of carbonyl (C=O) groups is 1. The highest BCUT2D eigenvalue weighted by atomic mass is 79.9. The highest BCUT2D eigenvalue weighted by Crippen LogP contribution is 2.22. The summed E-state index contributed by atoms with van der Waals surface area (Å²) in [7, 11) is 3.56. The maximum absolute atomic E-state index is 12.6. The molecular formula is C17H17BrN4O2. The van der Waals surface area contributed by atoms with Crippen LogP contribution in [-0.2, 0) is 13.6 Å². The Labute approximate surface area is 148 Å². The second-order valence-corrected chi connectivity index (χ2v) is 6.52. The van der Waals surface area contributed by atoms with Crippen molar-refractivity contribution in [1.29, 1.82) is 0 Å². The first kappa shape index (κ1) is 16.4. The molecule has 0 unspecified atom stereocenters. The van der Waals surface area contributed by atoms with Gasteiger partial charge in [0.1, 0.15) is 0 Å². The zero-order valence-corrected chi connectivity index (χ0v) is 15.2. The second kappa shape index (κ2) is 6.60. The molecule has 1 aromatic carbocycles. The van der Waals surface area contributed by atoms with Crippen molar-refractivity contribution in [3.63, 3.8) is 0 Å². The lowest BCUT2D eigenvalue weighted by molar-refractivity contribution is 0.0771. The number of rotatable bonds is 4. The Hall–Kier alpha value is -2.41. The minimum absolute atomic E-state index is 0.204. The lowest BCUT2D eigenvalue weighted by Crippen LogP contribution is -2.27. The Morgan fingerprint density at radius 1 is 1.33 bits per heavy atom. The van der Waals surface area contributed by atoms with E-state index >= 15 is 0 Å². The molecule has 2 aromatic heterocycles. The molecule has 6 nitrogen and oxygen atoms in total. The molecule has 0 N–H and O–H groups in total. The van der Waals surface area contributed by atoms with E-state index in [0.29, 0.717) is 12.3 Å². The van der Waals surface area contributed by atoms with Crippen molar-refractivity contribution in [2.45, 2.75) is 13.5 Å². The molecule has 124 valence electrons. The molecule has 3 rings (SSSR count). The van der Waals surface area contributed by atoms with E-state index in [-0.39, 0.29) is 11.6 Å². The Morgan fingerprint density at radius 2 is 2.04 bits per heavy atom. The second-order valence-electron chi connectivity index (χ2n) is 5.67. The van der Waals surface area contributed by atoms with Crippen molar-refractivity contribution in [2.24, 2.45) is 7.05 Å². The van der Waals surface area contributed by atoms with Gasteiger partial charge in [-0.05, 0) is 22.9 Å². The summed E-state index contributed by atoms with van der Waals surface area (Å²) in [6.45, 7) is 2.44. The van der Waals surface area contributed by atoms with Crippen LogP contribution in [0.4, 0.5) is 0 Å². The smallest absolute Gasteiger partial charge is 0.276 e. The normalized spacial score (nSPS) is 10.8. The third kappa shape index (κ3) is 3.26. The first-order valence-corrected chi connectivity index (χ1v) is 8.20. The van der Waals surface area contributed by atoms with Crippen molar-refractivity contribution >= 4 is 21.8 Å². The molecule has 0 aliphatic rings. The summed E-state index contributed by atoms with van der Waals surface area (Å²) in [5.41, 5.74) is 3.25. The molecule has 0 saturated heterocycles. The summed E-state index contributed by atoms with van der Waals surface area (Å²) in [5, 5.41) is 8.06. The summed E-state index contributed by atoms with van der Waals surface area (Å²) in [5.74, 6) is 0.374. The molecule has 7 heteroatoms.